The molecule has 0 saturated heterocycles. The summed E-state index contributed by atoms with van der Waals surface area (Å²) in [7, 11) is 0. The molecule has 1 atom stereocenters. The van der Waals surface area contributed by atoms with Gasteiger partial charge in [-0.2, -0.15) is 0 Å². The fourth-order valence-corrected chi connectivity index (χ4v) is 2.78. The Kier molecular flexibility index (Phi) is 6.75. The van der Waals surface area contributed by atoms with Crippen molar-refractivity contribution in [3.8, 4) is 0 Å². The van der Waals surface area contributed by atoms with Crippen molar-refractivity contribution in [1.82, 2.24) is 10.2 Å². The van der Waals surface area contributed by atoms with Gasteiger partial charge in [-0.3, -0.25) is 9.69 Å². The molecule has 6 heteroatoms. The van der Waals surface area contributed by atoms with Gasteiger partial charge in [0.1, 0.15) is 11.6 Å². The van der Waals surface area contributed by atoms with E-state index in [4.69, 9.17) is 4.42 Å². The summed E-state index contributed by atoms with van der Waals surface area (Å²) in [6.07, 6.45) is 3.26. The Labute approximate surface area is 149 Å². The normalized spacial score (nSPS) is 12.2. The van der Waals surface area contributed by atoms with Crippen molar-refractivity contribution in [1.29, 1.82) is 0 Å². The van der Waals surface area contributed by atoms with Crippen LogP contribution in [0, 0.1) is 5.82 Å². The van der Waals surface area contributed by atoms with E-state index in [1.807, 2.05) is 17.9 Å². The van der Waals surface area contributed by atoms with E-state index in [1.165, 1.54) is 6.07 Å². The first kappa shape index (κ1) is 18.4. The molecular weight excluding hydrogens is 375 g/mol. The molecule has 1 amide bonds. The summed E-state index contributed by atoms with van der Waals surface area (Å²) >= 11 is 3.34. The Morgan fingerprint density at radius 1 is 1.50 bits per heavy atom. The summed E-state index contributed by atoms with van der Waals surface area (Å²) in [4.78, 5) is 14.1. The molecule has 0 fully saturated rings. The van der Waals surface area contributed by atoms with Crippen molar-refractivity contribution in [3.63, 3.8) is 0 Å². The molecule has 0 radical (unpaired) electrons. The van der Waals surface area contributed by atoms with Crippen LogP contribution in [0.25, 0.3) is 0 Å². The van der Waals surface area contributed by atoms with Gasteiger partial charge in [-0.05, 0) is 37.3 Å². The minimum atomic E-state index is -0.295. The van der Waals surface area contributed by atoms with Crippen LogP contribution < -0.4 is 5.32 Å². The smallest absolute Gasteiger partial charge is 0.234 e. The second kappa shape index (κ2) is 8.80. The number of hydrogen-bond donors (Lipinski definition) is 1. The highest BCUT2D eigenvalue weighted by molar-refractivity contribution is 9.10. The van der Waals surface area contributed by atoms with Gasteiger partial charge in [-0.25, -0.2) is 4.39 Å². The maximum Gasteiger partial charge on any atom is 0.234 e. The van der Waals surface area contributed by atoms with Crippen molar-refractivity contribution < 1.29 is 13.6 Å². The Balaban J connectivity index is 1.98. The van der Waals surface area contributed by atoms with Crippen LogP contribution in [0.3, 0.4) is 0 Å². The number of benzene rings is 1. The molecule has 1 aromatic carbocycles. The first-order chi connectivity index (χ1) is 11.5. The van der Waals surface area contributed by atoms with Gasteiger partial charge in [0.2, 0.25) is 5.91 Å². The molecule has 0 aliphatic heterocycles. The average molecular weight is 395 g/mol. The van der Waals surface area contributed by atoms with E-state index in [1.54, 1.807) is 30.5 Å². The molecule has 1 N–H and O–H groups in total. The van der Waals surface area contributed by atoms with Crippen LogP contribution in [0.1, 0.15) is 24.3 Å². The van der Waals surface area contributed by atoms with E-state index >= 15 is 0 Å². The Morgan fingerprint density at radius 3 is 2.96 bits per heavy atom. The van der Waals surface area contributed by atoms with Crippen molar-refractivity contribution in [2.24, 2.45) is 0 Å². The molecule has 1 unspecified atom stereocenters. The second-order valence-corrected chi connectivity index (χ2v) is 6.41. The first-order valence-electron chi connectivity index (χ1n) is 7.59. The molecule has 0 aliphatic carbocycles. The third-order valence-electron chi connectivity index (χ3n) is 3.50. The van der Waals surface area contributed by atoms with E-state index < -0.39 is 0 Å². The molecule has 1 heterocycles. The Morgan fingerprint density at radius 2 is 2.29 bits per heavy atom. The molecule has 4 nitrogen and oxygen atoms in total. The zero-order valence-corrected chi connectivity index (χ0v) is 15.1. The number of furan rings is 1. The lowest BCUT2D eigenvalue weighted by Crippen LogP contribution is -2.38. The number of amides is 1. The minimum absolute atomic E-state index is 0.142. The van der Waals surface area contributed by atoms with E-state index in [0.717, 1.165) is 4.47 Å². The summed E-state index contributed by atoms with van der Waals surface area (Å²) in [6.45, 7) is 6.49. The van der Waals surface area contributed by atoms with Crippen LogP contribution in [0.2, 0.25) is 0 Å². The standard InChI is InChI=1S/C18H20BrFN2O2/c1-3-8-22(11-14-10-15(19)6-7-16(14)20)12-18(23)21-13(2)17-5-4-9-24-17/h3-7,9-10,13H,1,8,11-12H2,2H3,(H,21,23). The largest absolute Gasteiger partial charge is 0.467 e. The molecule has 1 aromatic heterocycles. The Hall–Kier alpha value is -1.92. The summed E-state index contributed by atoms with van der Waals surface area (Å²) in [5.74, 6) is 0.240. The first-order valence-corrected chi connectivity index (χ1v) is 8.39. The molecule has 2 aromatic rings. The minimum Gasteiger partial charge on any atom is -0.467 e. The molecule has 0 spiro atoms. The summed E-state index contributed by atoms with van der Waals surface area (Å²) in [5.41, 5.74) is 0.526. The van der Waals surface area contributed by atoms with Gasteiger partial charge in [-0.1, -0.05) is 22.0 Å². The van der Waals surface area contributed by atoms with Gasteiger partial charge < -0.3 is 9.73 Å². The third-order valence-corrected chi connectivity index (χ3v) is 4.00. The number of carbonyl (C=O) groups is 1. The van der Waals surface area contributed by atoms with Gasteiger partial charge in [0.05, 0.1) is 18.8 Å². The zero-order chi connectivity index (χ0) is 17.5. The SMILES string of the molecule is C=CCN(CC(=O)NC(C)c1ccco1)Cc1cc(Br)ccc1F. The van der Waals surface area contributed by atoms with Crippen LogP contribution in [-0.4, -0.2) is 23.9 Å². The van der Waals surface area contributed by atoms with Crippen LogP contribution in [0.4, 0.5) is 4.39 Å². The van der Waals surface area contributed by atoms with E-state index in [0.29, 0.717) is 24.4 Å². The lowest BCUT2D eigenvalue weighted by molar-refractivity contribution is -0.123. The van der Waals surface area contributed by atoms with Crippen molar-refractivity contribution >= 4 is 21.8 Å². The quantitative estimate of drug-likeness (QED) is 0.687. The van der Waals surface area contributed by atoms with Gasteiger partial charge >= 0.3 is 0 Å². The van der Waals surface area contributed by atoms with Gasteiger partial charge in [0.15, 0.2) is 0 Å². The number of nitrogens with zero attached hydrogens (tertiary/aromatic N) is 1. The molecule has 0 aliphatic rings. The van der Waals surface area contributed by atoms with E-state index in [9.17, 15) is 9.18 Å². The summed E-state index contributed by atoms with van der Waals surface area (Å²) < 4.78 is 20.0. The second-order valence-electron chi connectivity index (χ2n) is 5.50. The van der Waals surface area contributed by atoms with E-state index in [-0.39, 0.29) is 24.3 Å². The maximum atomic E-state index is 13.9. The summed E-state index contributed by atoms with van der Waals surface area (Å²) in [5, 5.41) is 2.87. The molecule has 128 valence electrons. The van der Waals surface area contributed by atoms with Crippen LogP contribution in [0.5, 0.6) is 0 Å². The number of nitrogens with one attached hydrogen (secondary N) is 1. The molecule has 0 saturated carbocycles. The van der Waals surface area contributed by atoms with E-state index in [2.05, 4.69) is 27.8 Å². The van der Waals surface area contributed by atoms with Crippen LogP contribution in [-0.2, 0) is 11.3 Å². The Bertz CT molecular complexity index is 688. The van der Waals surface area contributed by atoms with Gasteiger partial charge in [0, 0.05) is 23.1 Å². The van der Waals surface area contributed by atoms with Crippen LogP contribution in [0.15, 0.2) is 58.1 Å². The van der Waals surface area contributed by atoms with Crippen molar-refractivity contribution in [2.75, 3.05) is 13.1 Å². The van der Waals surface area contributed by atoms with Crippen molar-refractivity contribution in [2.45, 2.75) is 19.5 Å². The highest BCUT2D eigenvalue weighted by Crippen LogP contribution is 2.17. The third kappa shape index (κ3) is 5.32. The molecular formula is C18H20BrFN2O2. The summed E-state index contributed by atoms with van der Waals surface area (Å²) in [6, 6.07) is 8.13. The lowest BCUT2D eigenvalue weighted by atomic mass is 10.2. The molecule has 24 heavy (non-hydrogen) atoms. The fraction of sp³-hybridized carbons (Fsp3) is 0.278. The van der Waals surface area contributed by atoms with Gasteiger partial charge in [0.25, 0.3) is 0 Å². The lowest BCUT2D eigenvalue weighted by Gasteiger charge is -2.21. The topological polar surface area (TPSA) is 45.5 Å². The highest BCUT2D eigenvalue weighted by Gasteiger charge is 2.16. The van der Waals surface area contributed by atoms with Crippen LogP contribution >= 0.6 is 15.9 Å². The maximum absolute atomic E-state index is 13.9. The number of rotatable bonds is 8. The average Bonchev–Trinajstić information content (AvgIpc) is 3.05. The zero-order valence-electron chi connectivity index (χ0n) is 13.5. The van der Waals surface area contributed by atoms with Gasteiger partial charge in [-0.15, -0.1) is 6.58 Å². The number of hydrogen-bond acceptors (Lipinski definition) is 3. The molecule has 2 rings (SSSR count). The van der Waals surface area contributed by atoms with Crippen molar-refractivity contribution in [3.05, 3.63) is 70.9 Å². The predicted molar refractivity (Wildman–Crippen MR) is 94.8 cm³/mol. The predicted octanol–water partition coefficient (Wildman–Crippen LogP) is 4.05. The monoisotopic (exact) mass is 394 g/mol. The fourth-order valence-electron chi connectivity index (χ4n) is 2.37. The number of carbonyl (C=O) groups excluding carboxylic acids is 1. The molecule has 0 bridgehead atoms. The number of halogens is 2. The highest BCUT2D eigenvalue weighted by atomic mass is 79.9.